The molecule has 0 spiro atoms. The molecule has 0 saturated heterocycles. The third-order valence-electron chi connectivity index (χ3n) is 4.34. The van der Waals surface area contributed by atoms with Crippen molar-refractivity contribution in [2.45, 2.75) is 40.5 Å². The highest BCUT2D eigenvalue weighted by molar-refractivity contribution is 5.95. The molecule has 2 amide bonds. The first kappa shape index (κ1) is 20.5. The van der Waals surface area contributed by atoms with Crippen LogP contribution >= 0.6 is 0 Å². The minimum atomic E-state index is -0.331. The van der Waals surface area contributed by atoms with Crippen LogP contribution in [0.3, 0.4) is 0 Å². The van der Waals surface area contributed by atoms with E-state index in [0.717, 1.165) is 27.9 Å². The lowest BCUT2D eigenvalue weighted by atomic mass is 10.0. The van der Waals surface area contributed by atoms with Crippen molar-refractivity contribution in [3.05, 3.63) is 58.7 Å². The zero-order valence-corrected chi connectivity index (χ0v) is 16.7. The number of anilines is 1. The van der Waals surface area contributed by atoms with E-state index in [0.29, 0.717) is 11.7 Å². The Morgan fingerprint density at radius 3 is 2.30 bits per heavy atom. The van der Waals surface area contributed by atoms with Crippen molar-refractivity contribution in [1.82, 2.24) is 5.32 Å². The molecule has 0 fully saturated rings. The Bertz CT molecular complexity index is 808. The Balaban J connectivity index is 1.86. The molecule has 0 atom stereocenters. The Kier molecular flexibility index (Phi) is 6.99. The molecular formula is C22H28N2O3. The number of benzene rings is 2. The summed E-state index contributed by atoms with van der Waals surface area (Å²) in [5.74, 6) is 0.411. The number of hydrogen-bond donors (Lipinski definition) is 2. The molecule has 144 valence electrons. The zero-order valence-electron chi connectivity index (χ0n) is 16.7. The van der Waals surface area contributed by atoms with Gasteiger partial charge < -0.3 is 15.4 Å². The first-order chi connectivity index (χ1) is 12.8. The molecule has 0 radical (unpaired) electrons. The van der Waals surface area contributed by atoms with E-state index >= 15 is 0 Å². The molecule has 27 heavy (non-hydrogen) atoms. The van der Waals surface area contributed by atoms with Crippen molar-refractivity contribution in [2.24, 2.45) is 0 Å². The summed E-state index contributed by atoms with van der Waals surface area (Å²) in [6, 6.07) is 11.8. The smallest absolute Gasteiger partial charge is 0.258 e. The molecule has 2 N–H and O–H groups in total. The second kappa shape index (κ2) is 9.21. The van der Waals surface area contributed by atoms with E-state index in [1.807, 2.05) is 57.2 Å². The van der Waals surface area contributed by atoms with Gasteiger partial charge in [-0.1, -0.05) is 44.2 Å². The van der Waals surface area contributed by atoms with Gasteiger partial charge in [-0.05, 0) is 55.0 Å². The molecule has 0 bridgehead atoms. The van der Waals surface area contributed by atoms with E-state index in [2.05, 4.69) is 24.5 Å². The van der Waals surface area contributed by atoms with Gasteiger partial charge in [0.15, 0.2) is 6.61 Å². The molecule has 5 nitrogen and oxygen atoms in total. The van der Waals surface area contributed by atoms with Gasteiger partial charge in [-0.15, -0.1) is 0 Å². The fourth-order valence-corrected chi connectivity index (χ4v) is 2.81. The van der Waals surface area contributed by atoms with E-state index < -0.39 is 0 Å². The summed E-state index contributed by atoms with van der Waals surface area (Å²) < 4.78 is 5.69. The SMILES string of the molecule is Cc1ccc(C(C)C)c(OCC(=O)NCC(=O)Nc2c(C)cccc2C)c1. The first-order valence-electron chi connectivity index (χ1n) is 9.14. The van der Waals surface area contributed by atoms with Crippen LogP contribution in [0.5, 0.6) is 5.75 Å². The third kappa shape index (κ3) is 5.84. The van der Waals surface area contributed by atoms with E-state index in [-0.39, 0.29) is 25.0 Å². The van der Waals surface area contributed by atoms with Gasteiger partial charge in [-0.2, -0.15) is 0 Å². The highest BCUT2D eigenvalue weighted by Gasteiger charge is 2.12. The number of carbonyl (C=O) groups is 2. The molecule has 2 aromatic rings. The summed E-state index contributed by atoms with van der Waals surface area (Å²) >= 11 is 0. The van der Waals surface area contributed by atoms with Gasteiger partial charge in [-0.3, -0.25) is 9.59 Å². The topological polar surface area (TPSA) is 67.4 Å². The van der Waals surface area contributed by atoms with Crippen LogP contribution in [0, 0.1) is 20.8 Å². The maximum Gasteiger partial charge on any atom is 0.258 e. The van der Waals surface area contributed by atoms with E-state index in [1.54, 1.807) is 0 Å². The van der Waals surface area contributed by atoms with Crippen LogP contribution in [0.2, 0.25) is 0 Å². The maximum absolute atomic E-state index is 12.1. The molecular weight excluding hydrogens is 340 g/mol. The minimum Gasteiger partial charge on any atom is -0.483 e. The van der Waals surface area contributed by atoms with Gasteiger partial charge in [0.25, 0.3) is 5.91 Å². The Morgan fingerprint density at radius 1 is 1.00 bits per heavy atom. The lowest BCUT2D eigenvalue weighted by Crippen LogP contribution is -2.36. The van der Waals surface area contributed by atoms with Crippen LogP contribution in [0.1, 0.15) is 42.0 Å². The molecule has 0 aliphatic heterocycles. The Morgan fingerprint density at radius 2 is 1.67 bits per heavy atom. The normalized spacial score (nSPS) is 10.6. The molecule has 2 rings (SSSR count). The van der Waals surface area contributed by atoms with E-state index in [9.17, 15) is 9.59 Å². The summed E-state index contributed by atoms with van der Waals surface area (Å²) in [7, 11) is 0. The third-order valence-corrected chi connectivity index (χ3v) is 4.34. The molecule has 0 heterocycles. The van der Waals surface area contributed by atoms with Gasteiger partial charge >= 0.3 is 0 Å². The second-order valence-electron chi connectivity index (χ2n) is 7.08. The van der Waals surface area contributed by atoms with Gasteiger partial charge in [0.05, 0.1) is 6.54 Å². The van der Waals surface area contributed by atoms with Crippen molar-refractivity contribution in [2.75, 3.05) is 18.5 Å². The summed E-state index contributed by atoms with van der Waals surface area (Å²) in [5, 5.41) is 5.44. The van der Waals surface area contributed by atoms with Gasteiger partial charge in [0, 0.05) is 5.69 Å². The summed E-state index contributed by atoms with van der Waals surface area (Å²) in [5.41, 5.74) is 4.88. The van der Waals surface area contributed by atoms with Gasteiger partial charge in [0.1, 0.15) is 5.75 Å². The van der Waals surface area contributed by atoms with Crippen LogP contribution in [-0.2, 0) is 9.59 Å². The Hall–Kier alpha value is -2.82. The van der Waals surface area contributed by atoms with Gasteiger partial charge in [0.2, 0.25) is 5.91 Å². The molecule has 0 saturated carbocycles. The van der Waals surface area contributed by atoms with Crippen molar-refractivity contribution in [1.29, 1.82) is 0 Å². The number of ether oxygens (including phenoxy) is 1. The van der Waals surface area contributed by atoms with Crippen LogP contribution in [0.15, 0.2) is 36.4 Å². The highest BCUT2D eigenvalue weighted by atomic mass is 16.5. The standard InChI is InChI=1S/C22H28N2O3/c1-14(2)18-10-9-15(3)11-19(18)27-13-21(26)23-12-20(25)24-22-16(4)7-6-8-17(22)5/h6-11,14H,12-13H2,1-5H3,(H,23,26)(H,24,25). The molecule has 2 aromatic carbocycles. The van der Waals surface area contributed by atoms with E-state index in [4.69, 9.17) is 4.74 Å². The minimum absolute atomic E-state index is 0.0964. The number of aryl methyl sites for hydroxylation is 3. The summed E-state index contributed by atoms with van der Waals surface area (Å²) in [4.78, 5) is 24.2. The van der Waals surface area contributed by atoms with Gasteiger partial charge in [-0.25, -0.2) is 0 Å². The number of rotatable bonds is 7. The largest absolute Gasteiger partial charge is 0.483 e. The van der Waals surface area contributed by atoms with Crippen LogP contribution in [-0.4, -0.2) is 25.0 Å². The van der Waals surface area contributed by atoms with Crippen molar-refractivity contribution in [3.8, 4) is 5.75 Å². The number of hydrogen-bond acceptors (Lipinski definition) is 3. The van der Waals surface area contributed by atoms with Crippen LogP contribution in [0.25, 0.3) is 0 Å². The molecule has 0 aliphatic carbocycles. The molecule has 5 heteroatoms. The summed E-state index contributed by atoms with van der Waals surface area (Å²) in [6.45, 7) is 9.78. The van der Waals surface area contributed by atoms with Crippen LogP contribution < -0.4 is 15.4 Å². The monoisotopic (exact) mass is 368 g/mol. The number of para-hydroxylation sites is 1. The second-order valence-corrected chi connectivity index (χ2v) is 7.08. The average Bonchev–Trinajstić information content (AvgIpc) is 2.61. The zero-order chi connectivity index (χ0) is 20.0. The fourth-order valence-electron chi connectivity index (χ4n) is 2.81. The van der Waals surface area contributed by atoms with Crippen molar-refractivity contribution < 1.29 is 14.3 Å². The Labute approximate surface area is 161 Å². The summed E-state index contributed by atoms with van der Waals surface area (Å²) in [6.07, 6.45) is 0. The molecule has 0 unspecified atom stereocenters. The number of carbonyl (C=O) groups excluding carboxylic acids is 2. The average molecular weight is 368 g/mol. The molecule has 0 aliphatic rings. The fraction of sp³-hybridized carbons (Fsp3) is 0.364. The predicted octanol–water partition coefficient (Wildman–Crippen LogP) is 3.87. The lowest BCUT2D eigenvalue weighted by Gasteiger charge is -2.15. The maximum atomic E-state index is 12.1. The first-order valence-corrected chi connectivity index (χ1v) is 9.14. The van der Waals surface area contributed by atoms with Crippen molar-refractivity contribution in [3.63, 3.8) is 0 Å². The highest BCUT2D eigenvalue weighted by Crippen LogP contribution is 2.27. The predicted molar refractivity (Wildman–Crippen MR) is 108 cm³/mol. The molecule has 0 aromatic heterocycles. The van der Waals surface area contributed by atoms with E-state index in [1.165, 1.54) is 0 Å². The quantitative estimate of drug-likeness (QED) is 0.780. The van der Waals surface area contributed by atoms with Crippen LogP contribution in [0.4, 0.5) is 5.69 Å². The lowest BCUT2D eigenvalue weighted by molar-refractivity contribution is -0.125. The van der Waals surface area contributed by atoms with Crippen molar-refractivity contribution >= 4 is 17.5 Å². The number of nitrogens with one attached hydrogen (secondary N) is 2. The number of amides is 2.